The second kappa shape index (κ2) is 9.25. The van der Waals surface area contributed by atoms with Gasteiger partial charge in [0.1, 0.15) is 12.0 Å². The van der Waals surface area contributed by atoms with Gasteiger partial charge in [-0.2, -0.15) is 4.31 Å². The molecule has 1 heterocycles. The van der Waals surface area contributed by atoms with E-state index in [0.29, 0.717) is 19.6 Å². The number of hydrogen-bond donors (Lipinski definition) is 2. The minimum atomic E-state index is -3.93. The molecular weight excluding hydrogens is 377 g/mol. The Morgan fingerprint density at radius 2 is 1.85 bits per heavy atom. The number of ether oxygens (including phenoxy) is 1. The molecule has 1 saturated heterocycles. The van der Waals surface area contributed by atoms with E-state index >= 15 is 0 Å². The molecule has 0 spiro atoms. The minimum absolute atomic E-state index is 0.0691. The molecule has 150 valence electrons. The van der Waals surface area contributed by atoms with Crippen LogP contribution in [0.4, 0.5) is 4.39 Å². The van der Waals surface area contributed by atoms with Crippen LogP contribution in [0.5, 0.6) is 0 Å². The molecule has 1 unspecified atom stereocenters. The van der Waals surface area contributed by atoms with E-state index in [1.807, 2.05) is 13.8 Å². The number of carbonyl (C=O) groups excluding carboxylic acids is 2. The Bertz CT molecular complexity index is 767. The number of nitrogens with one attached hydrogen (secondary N) is 2. The predicted octanol–water partition coefficient (Wildman–Crippen LogP) is 0.451. The van der Waals surface area contributed by atoms with Crippen LogP contribution in [0.2, 0.25) is 0 Å². The van der Waals surface area contributed by atoms with Gasteiger partial charge in [0, 0.05) is 13.1 Å². The summed E-state index contributed by atoms with van der Waals surface area (Å²) in [7, 11) is -3.93. The molecule has 0 saturated carbocycles. The largest absolute Gasteiger partial charge is 0.360 e. The fourth-order valence-corrected chi connectivity index (χ4v) is 4.05. The van der Waals surface area contributed by atoms with E-state index in [2.05, 4.69) is 10.6 Å². The maximum atomic E-state index is 13.1. The Balaban J connectivity index is 2.03. The Kier molecular flexibility index (Phi) is 7.28. The average molecular weight is 401 g/mol. The fraction of sp³-hybridized carbons (Fsp3) is 0.529. The average Bonchev–Trinajstić information content (AvgIpc) is 2.64. The Morgan fingerprint density at radius 1 is 1.22 bits per heavy atom. The van der Waals surface area contributed by atoms with Gasteiger partial charge in [-0.05, 0) is 36.6 Å². The van der Waals surface area contributed by atoms with Crippen LogP contribution in [0.25, 0.3) is 0 Å². The summed E-state index contributed by atoms with van der Waals surface area (Å²) in [4.78, 5) is 23.5. The minimum Gasteiger partial charge on any atom is -0.360 e. The molecule has 1 aromatic rings. The van der Waals surface area contributed by atoms with E-state index < -0.39 is 33.9 Å². The maximum Gasteiger partial charge on any atom is 0.309 e. The molecule has 1 aliphatic heterocycles. The van der Waals surface area contributed by atoms with Gasteiger partial charge in [-0.25, -0.2) is 12.8 Å². The van der Waals surface area contributed by atoms with Crippen LogP contribution >= 0.6 is 0 Å². The predicted molar refractivity (Wildman–Crippen MR) is 95.5 cm³/mol. The summed E-state index contributed by atoms with van der Waals surface area (Å²) in [5.74, 6) is -1.99. The molecule has 8 nitrogen and oxygen atoms in total. The third-order valence-corrected chi connectivity index (χ3v) is 5.79. The first-order valence-corrected chi connectivity index (χ1v) is 10.1. The highest BCUT2D eigenvalue weighted by molar-refractivity contribution is 7.89. The van der Waals surface area contributed by atoms with Gasteiger partial charge in [-0.3, -0.25) is 9.59 Å². The molecule has 0 radical (unpaired) electrons. The van der Waals surface area contributed by atoms with Crippen LogP contribution in [0.3, 0.4) is 0 Å². The lowest BCUT2D eigenvalue weighted by Gasteiger charge is -2.34. The van der Waals surface area contributed by atoms with Gasteiger partial charge in [-0.1, -0.05) is 13.8 Å². The van der Waals surface area contributed by atoms with Gasteiger partial charge in [0.05, 0.1) is 18.0 Å². The van der Waals surface area contributed by atoms with Crippen LogP contribution < -0.4 is 10.6 Å². The molecule has 0 aromatic heterocycles. The number of halogens is 1. The van der Waals surface area contributed by atoms with Gasteiger partial charge in [0.2, 0.25) is 10.0 Å². The first-order chi connectivity index (χ1) is 12.7. The van der Waals surface area contributed by atoms with Crippen molar-refractivity contribution in [1.29, 1.82) is 0 Å². The van der Waals surface area contributed by atoms with Gasteiger partial charge in [-0.15, -0.1) is 0 Å². The second-order valence-corrected chi connectivity index (χ2v) is 8.45. The van der Waals surface area contributed by atoms with Crippen molar-refractivity contribution in [3.8, 4) is 0 Å². The molecule has 1 atom stereocenters. The highest BCUT2D eigenvalue weighted by atomic mass is 32.2. The molecule has 27 heavy (non-hydrogen) atoms. The SMILES string of the molecule is CC(C)CNC(=O)C(=O)NCC1OCCCN1S(=O)(=O)c1ccc(F)cc1. The first kappa shape index (κ1) is 21.3. The number of carbonyl (C=O) groups is 2. The molecule has 2 amide bonds. The van der Waals surface area contributed by atoms with Gasteiger partial charge >= 0.3 is 11.8 Å². The Morgan fingerprint density at radius 3 is 2.48 bits per heavy atom. The second-order valence-electron chi connectivity index (χ2n) is 6.56. The van der Waals surface area contributed by atoms with Crippen molar-refractivity contribution in [1.82, 2.24) is 14.9 Å². The summed E-state index contributed by atoms with van der Waals surface area (Å²) < 4.78 is 45.2. The first-order valence-electron chi connectivity index (χ1n) is 8.67. The zero-order chi connectivity index (χ0) is 20.0. The summed E-state index contributed by atoms with van der Waals surface area (Å²) in [6.45, 7) is 4.50. The van der Waals surface area contributed by atoms with E-state index in [0.717, 1.165) is 16.4 Å². The Labute approximate surface area is 158 Å². The van der Waals surface area contributed by atoms with Crippen molar-refractivity contribution in [2.24, 2.45) is 5.92 Å². The third kappa shape index (κ3) is 5.72. The lowest BCUT2D eigenvalue weighted by atomic mass is 10.2. The molecule has 1 aromatic carbocycles. The Hall–Kier alpha value is -2.04. The molecule has 0 bridgehead atoms. The number of sulfonamides is 1. The van der Waals surface area contributed by atoms with Crippen molar-refractivity contribution in [2.45, 2.75) is 31.4 Å². The lowest BCUT2D eigenvalue weighted by molar-refractivity contribution is -0.140. The topological polar surface area (TPSA) is 105 Å². The lowest BCUT2D eigenvalue weighted by Crippen LogP contribution is -2.53. The van der Waals surface area contributed by atoms with Gasteiger partial charge in [0.15, 0.2) is 0 Å². The normalized spacial score (nSPS) is 18.3. The van der Waals surface area contributed by atoms with Gasteiger partial charge in [0.25, 0.3) is 0 Å². The summed E-state index contributed by atoms with van der Waals surface area (Å²) >= 11 is 0. The van der Waals surface area contributed by atoms with E-state index in [4.69, 9.17) is 4.74 Å². The number of amides is 2. The van der Waals surface area contributed by atoms with E-state index in [9.17, 15) is 22.4 Å². The highest BCUT2D eigenvalue weighted by Crippen LogP contribution is 2.22. The van der Waals surface area contributed by atoms with Crippen LogP contribution in [0, 0.1) is 11.7 Å². The van der Waals surface area contributed by atoms with Crippen LogP contribution in [0.1, 0.15) is 20.3 Å². The standard InChI is InChI=1S/C17H24FN3O5S/c1-12(2)10-19-16(22)17(23)20-11-15-21(8-3-9-26-15)27(24,25)14-6-4-13(18)5-7-14/h4-7,12,15H,3,8-11H2,1-2H3,(H,19,22)(H,20,23). The monoisotopic (exact) mass is 401 g/mol. The zero-order valence-electron chi connectivity index (χ0n) is 15.3. The smallest absolute Gasteiger partial charge is 0.309 e. The zero-order valence-corrected chi connectivity index (χ0v) is 16.1. The molecule has 0 aliphatic carbocycles. The third-order valence-electron chi connectivity index (χ3n) is 3.89. The molecule has 2 N–H and O–H groups in total. The molecule has 1 fully saturated rings. The number of nitrogens with zero attached hydrogens (tertiary/aromatic N) is 1. The van der Waals surface area contributed by atoms with Crippen molar-refractivity contribution in [3.63, 3.8) is 0 Å². The molecule has 10 heteroatoms. The quantitative estimate of drug-likeness (QED) is 0.674. The maximum absolute atomic E-state index is 13.1. The molecule has 1 aliphatic rings. The molecular formula is C17H24FN3O5S. The summed E-state index contributed by atoms with van der Waals surface area (Å²) in [5.41, 5.74) is 0. The van der Waals surface area contributed by atoms with Crippen molar-refractivity contribution < 1.29 is 27.1 Å². The van der Waals surface area contributed by atoms with Crippen LogP contribution in [-0.2, 0) is 24.3 Å². The van der Waals surface area contributed by atoms with E-state index in [1.54, 1.807) is 0 Å². The summed E-state index contributed by atoms with van der Waals surface area (Å²) in [6, 6.07) is 4.48. The van der Waals surface area contributed by atoms with Crippen molar-refractivity contribution in [2.75, 3.05) is 26.2 Å². The number of benzene rings is 1. The van der Waals surface area contributed by atoms with E-state index in [-0.39, 0.29) is 23.9 Å². The summed E-state index contributed by atoms with van der Waals surface area (Å²) in [6.07, 6.45) is -0.463. The van der Waals surface area contributed by atoms with Crippen LogP contribution in [-0.4, -0.2) is 57.0 Å². The molecule has 2 rings (SSSR count). The number of rotatable bonds is 6. The number of hydrogen-bond acceptors (Lipinski definition) is 5. The van der Waals surface area contributed by atoms with Crippen molar-refractivity contribution in [3.05, 3.63) is 30.1 Å². The van der Waals surface area contributed by atoms with Gasteiger partial charge < -0.3 is 15.4 Å². The summed E-state index contributed by atoms with van der Waals surface area (Å²) in [5, 5.41) is 4.88. The van der Waals surface area contributed by atoms with Crippen LogP contribution in [0.15, 0.2) is 29.2 Å². The highest BCUT2D eigenvalue weighted by Gasteiger charge is 2.34. The van der Waals surface area contributed by atoms with E-state index in [1.165, 1.54) is 12.1 Å². The van der Waals surface area contributed by atoms with Crippen molar-refractivity contribution >= 4 is 21.8 Å². The fourth-order valence-electron chi connectivity index (χ4n) is 2.48.